The molecule has 8 heteroatoms. The molecule has 1 N–H and O–H groups in total. The van der Waals surface area contributed by atoms with Crippen molar-refractivity contribution in [1.82, 2.24) is 5.32 Å². The molecule has 0 bridgehead atoms. The summed E-state index contributed by atoms with van der Waals surface area (Å²) in [6, 6.07) is 0.935. The third-order valence-corrected chi connectivity index (χ3v) is 15.0. The summed E-state index contributed by atoms with van der Waals surface area (Å²) in [6.45, 7) is 24.6. The Balaban J connectivity index is 5.10. The van der Waals surface area contributed by atoms with Gasteiger partial charge >= 0.3 is 8.80 Å². The van der Waals surface area contributed by atoms with E-state index in [1.807, 2.05) is 0 Å². The number of nitrogens with one attached hydrogen (secondary N) is 1. The summed E-state index contributed by atoms with van der Waals surface area (Å²) in [5.41, 5.74) is 0. The van der Waals surface area contributed by atoms with Crippen LogP contribution in [-0.4, -0.2) is 46.8 Å². The van der Waals surface area contributed by atoms with E-state index in [0.717, 1.165) is 25.6 Å². The van der Waals surface area contributed by atoms with Gasteiger partial charge < -0.3 is 17.7 Å². The number of hydrogen-bond acceptors (Lipinski definition) is 4. The van der Waals surface area contributed by atoms with Gasteiger partial charge in [0.2, 0.25) is 0 Å². The Morgan fingerprint density at radius 2 is 1.00 bits per heavy atom. The average molecular weight is 410 g/mol. The largest absolute Gasteiger partial charge is 0.469 e. The molecule has 0 aliphatic heterocycles. The lowest BCUT2D eigenvalue weighted by Crippen LogP contribution is -2.60. The Kier molecular flexibility index (Phi) is 10.4. The molecule has 24 heavy (non-hydrogen) atoms. The SMILES string of the molecule is CCCCNCCC[Si](O[Si](C)(C)C)(O[Si](C)(C)C)O[Si](C)(C)C. The molecule has 0 radical (unpaired) electrons. The van der Waals surface area contributed by atoms with Crippen LogP contribution in [-0.2, 0) is 12.3 Å². The maximum absolute atomic E-state index is 6.68. The number of hydrogen-bond donors (Lipinski definition) is 1. The second-order valence-corrected chi connectivity index (χ2v) is 26.5. The summed E-state index contributed by atoms with van der Waals surface area (Å²) < 4.78 is 20.0. The normalized spacial score (nSPS) is 14.2. The monoisotopic (exact) mass is 409 g/mol. The minimum atomic E-state index is -2.63. The first kappa shape index (κ1) is 24.7. The lowest BCUT2D eigenvalue weighted by Gasteiger charge is -2.43. The van der Waals surface area contributed by atoms with Crippen LogP contribution in [0.5, 0.6) is 0 Å². The predicted octanol–water partition coefficient (Wildman–Crippen LogP) is 5.26. The Hall–Kier alpha value is 0.708. The third-order valence-electron chi connectivity index (χ3n) is 2.93. The number of rotatable bonds is 13. The van der Waals surface area contributed by atoms with Gasteiger partial charge in [-0.25, -0.2) is 0 Å². The summed E-state index contributed by atoms with van der Waals surface area (Å²) in [6.07, 6.45) is 3.54. The molecule has 0 atom stereocenters. The molecule has 0 aromatic carbocycles. The van der Waals surface area contributed by atoms with E-state index in [-0.39, 0.29) is 0 Å². The first-order valence-electron chi connectivity index (χ1n) is 9.49. The van der Waals surface area contributed by atoms with E-state index in [1.165, 1.54) is 12.8 Å². The smallest absolute Gasteiger partial charge is 0.417 e. The zero-order chi connectivity index (χ0) is 19.1. The van der Waals surface area contributed by atoms with E-state index in [4.69, 9.17) is 12.3 Å². The van der Waals surface area contributed by atoms with Crippen molar-refractivity contribution in [1.29, 1.82) is 0 Å². The molecular formula is C16H43NO3Si4. The molecule has 0 aliphatic carbocycles. The first-order valence-corrected chi connectivity index (χ1v) is 21.6. The quantitative estimate of drug-likeness (QED) is 0.333. The molecule has 0 saturated carbocycles. The maximum atomic E-state index is 6.68. The molecule has 0 unspecified atom stereocenters. The highest BCUT2D eigenvalue weighted by molar-refractivity contribution is 6.90. The van der Waals surface area contributed by atoms with Crippen LogP contribution >= 0.6 is 0 Å². The zero-order valence-corrected chi connectivity index (χ0v) is 22.0. The molecule has 0 aromatic rings. The second kappa shape index (κ2) is 10.1. The van der Waals surface area contributed by atoms with Crippen molar-refractivity contribution in [2.45, 2.75) is 91.2 Å². The topological polar surface area (TPSA) is 39.7 Å². The Labute approximate surface area is 155 Å². The van der Waals surface area contributed by atoms with Crippen LogP contribution in [0, 0.1) is 0 Å². The fourth-order valence-corrected chi connectivity index (χ4v) is 17.1. The predicted molar refractivity (Wildman–Crippen MR) is 116 cm³/mol. The Morgan fingerprint density at radius 1 is 0.625 bits per heavy atom. The van der Waals surface area contributed by atoms with Crippen LogP contribution in [0.4, 0.5) is 0 Å². The highest BCUT2D eigenvalue weighted by atomic mass is 28.5. The van der Waals surface area contributed by atoms with E-state index in [0.29, 0.717) is 0 Å². The first-order chi connectivity index (χ1) is 10.7. The third kappa shape index (κ3) is 13.9. The summed E-state index contributed by atoms with van der Waals surface area (Å²) in [5.74, 6) is 0. The van der Waals surface area contributed by atoms with Crippen molar-refractivity contribution in [3.8, 4) is 0 Å². The van der Waals surface area contributed by atoms with Crippen LogP contribution in [0.3, 0.4) is 0 Å². The molecular weight excluding hydrogens is 367 g/mol. The number of unbranched alkanes of at least 4 members (excludes halogenated alkanes) is 1. The minimum absolute atomic E-state index is 0.935. The van der Waals surface area contributed by atoms with Crippen LogP contribution < -0.4 is 5.32 Å². The van der Waals surface area contributed by atoms with Crippen molar-refractivity contribution in [3.05, 3.63) is 0 Å². The highest BCUT2D eigenvalue weighted by Gasteiger charge is 2.49. The van der Waals surface area contributed by atoms with Crippen molar-refractivity contribution >= 4 is 33.8 Å². The maximum Gasteiger partial charge on any atom is 0.469 e. The van der Waals surface area contributed by atoms with Crippen molar-refractivity contribution in [2.75, 3.05) is 13.1 Å². The molecule has 146 valence electrons. The fraction of sp³-hybridized carbons (Fsp3) is 1.00. The standard InChI is InChI=1S/C16H43NO3Si4/c1-11-12-14-17-15-13-16-24(18-21(2,3)4,19-22(5,6)7)20-23(8,9)10/h17H,11-16H2,1-10H3. The molecule has 0 saturated heterocycles. The molecule has 0 fully saturated rings. The van der Waals surface area contributed by atoms with Gasteiger partial charge in [0, 0.05) is 6.04 Å². The summed E-state index contributed by atoms with van der Waals surface area (Å²) in [5, 5.41) is 3.54. The van der Waals surface area contributed by atoms with Crippen LogP contribution in [0.25, 0.3) is 0 Å². The fourth-order valence-electron chi connectivity index (χ4n) is 2.47. The molecule has 0 aliphatic rings. The summed E-state index contributed by atoms with van der Waals surface area (Å²) >= 11 is 0. The second-order valence-electron chi connectivity index (χ2n) is 9.53. The molecule has 0 aromatic heterocycles. The highest BCUT2D eigenvalue weighted by Crippen LogP contribution is 2.29. The van der Waals surface area contributed by atoms with E-state index < -0.39 is 33.8 Å². The van der Waals surface area contributed by atoms with Gasteiger partial charge in [-0.15, -0.1) is 0 Å². The lowest BCUT2D eigenvalue weighted by atomic mass is 10.3. The van der Waals surface area contributed by atoms with E-state index in [1.54, 1.807) is 0 Å². The molecule has 0 rings (SSSR count). The van der Waals surface area contributed by atoms with Gasteiger partial charge in [-0.2, -0.15) is 0 Å². The van der Waals surface area contributed by atoms with E-state index >= 15 is 0 Å². The van der Waals surface area contributed by atoms with Gasteiger partial charge in [0.25, 0.3) is 0 Å². The average Bonchev–Trinajstić information content (AvgIpc) is 2.26. The van der Waals surface area contributed by atoms with Crippen LogP contribution in [0.1, 0.15) is 26.2 Å². The van der Waals surface area contributed by atoms with Crippen LogP contribution in [0.15, 0.2) is 0 Å². The van der Waals surface area contributed by atoms with E-state index in [9.17, 15) is 0 Å². The Bertz CT molecular complexity index is 308. The lowest BCUT2D eigenvalue weighted by molar-refractivity contribution is 0.250. The van der Waals surface area contributed by atoms with Crippen LogP contribution in [0.2, 0.25) is 65.0 Å². The summed E-state index contributed by atoms with van der Waals surface area (Å²) in [7, 11) is -7.84. The molecule has 0 heterocycles. The Morgan fingerprint density at radius 3 is 1.33 bits per heavy atom. The molecule has 4 nitrogen and oxygen atoms in total. The van der Waals surface area contributed by atoms with Gasteiger partial charge in [0.05, 0.1) is 0 Å². The molecule has 0 spiro atoms. The van der Waals surface area contributed by atoms with E-state index in [2.05, 4.69) is 71.2 Å². The van der Waals surface area contributed by atoms with Crippen molar-refractivity contribution in [3.63, 3.8) is 0 Å². The van der Waals surface area contributed by atoms with Crippen molar-refractivity contribution in [2.24, 2.45) is 0 Å². The van der Waals surface area contributed by atoms with Gasteiger partial charge in [0.15, 0.2) is 25.0 Å². The summed E-state index contributed by atoms with van der Waals surface area (Å²) in [4.78, 5) is 0. The van der Waals surface area contributed by atoms with Crippen molar-refractivity contribution < 1.29 is 12.3 Å². The van der Waals surface area contributed by atoms with Gasteiger partial charge in [-0.05, 0) is 84.9 Å². The minimum Gasteiger partial charge on any atom is -0.417 e. The van der Waals surface area contributed by atoms with Gasteiger partial charge in [0.1, 0.15) is 0 Å². The molecule has 0 amide bonds. The van der Waals surface area contributed by atoms with Gasteiger partial charge in [-0.1, -0.05) is 13.3 Å². The zero-order valence-electron chi connectivity index (χ0n) is 18.0. The van der Waals surface area contributed by atoms with Gasteiger partial charge in [-0.3, -0.25) is 0 Å².